The number of sulfone groups is 1. The molecule has 0 radical (unpaired) electrons. The first-order chi connectivity index (χ1) is 14.8. The van der Waals surface area contributed by atoms with Crippen LogP contribution in [0, 0.1) is 6.92 Å². The average Bonchev–Trinajstić information content (AvgIpc) is 3.20. The molecule has 4 aromatic rings. The quantitative estimate of drug-likeness (QED) is 0.385. The second-order valence-electron chi connectivity index (χ2n) is 7.05. The standard InChI is InChI=1S/C23H19ClN2O3S2/c1-16-19(24)12-13-20-22(16)25-23(30-20)26(14-17-8-4-2-5-9-17)21(27)15-31(28,29)18-10-6-3-7-11-18/h2-13H,14-15H2,1H3. The Morgan fingerprint density at radius 1 is 1.00 bits per heavy atom. The number of rotatable bonds is 6. The van der Waals surface area contributed by atoms with Gasteiger partial charge in [-0.3, -0.25) is 9.69 Å². The second-order valence-corrected chi connectivity index (χ2v) is 10.5. The lowest BCUT2D eigenvalue weighted by atomic mass is 10.2. The molecule has 0 saturated carbocycles. The molecule has 4 rings (SSSR count). The van der Waals surface area contributed by atoms with Crippen LogP contribution in [0.1, 0.15) is 11.1 Å². The largest absolute Gasteiger partial charge is 0.283 e. The van der Waals surface area contributed by atoms with Crippen molar-refractivity contribution < 1.29 is 13.2 Å². The van der Waals surface area contributed by atoms with Crippen LogP contribution in [0.4, 0.5) is 5.13 Å². The number of benzene rings is 3. The fourth-order valence-corrected chi connectivity index (χ4v) is 5.60. The number of anilines is 1. The van der Waals surface area contributed by atoms with Gasteiger partial charge in [0.25, 0.3) is 0 Å². The second kappa shape index (κ2) is 8.78. The van der Waals surface area contributed by atoms with Gasteiger partial charge in [0, 0.05) is 5.02 Å². The topological polar surface area (TPSA) is 67.3 Å². The Balaban J connectivity index is 1.73. The highest BCUT2D eigenvalue weighted by Crippen LogP contribution is 2.34. The van der Waals surface area contributed by atoms with Crippen LogP contribution in [0.2, 0.25) is 5.02 Å². The van der Waals surface area contributed by atoms with Gasteiger partial charge in [0.2, 0.25) is 5.91 Å². The molecule has 1 aromatic heterocycles. The average molecular weight is 471 g/mol. The van der Waals surface area contributed by atoms with E-state index in [0.717, 1.165) is 15.8 Å². The summed E-state index contributed by atoms with van der Waals surface area (Å²) >= 11 is 7.57. The molecule has 0 spiro atoms. The van der Waals surface area contributed by atoms with Gasteiger partial charge in [-0.25, -0.2) is 13.4 Å². The maximum Gasteiger partial charge on any atom is 0.244 e. The third-order valence-electron chi connectivity index (χ3n) is 4.87. The van der Waals surface area contributed by atoms with Gasteiger partial charge in [0.1, 0.15) is 5.75 Å². The number of hydrogen-bond acceptors (Lipinski definition) is 5. The fourth-order valence-electron chi connectivity index (χ4n) is 3.18. The Bertz CT molecular complexity index is 1340. The Kier molecular flexibility index (Phi) is 6.09. The summed E-state index contributed by atoms with van der Waals surface area (Å²) in [6.07, 6.45) is 0. The van der Waals surface area contributed by atoms with Crippen molar-refractivity contribution in [2.75, 3.05) is 10.7 Å². The molecule has 0 aliphatic carbocycles. The predicted octanol–water partition coefficient (Wildman–Crippen LogP) is 5.27. The van der Waals surface area contributed by atoms with Crippen molar-refractivity contribution in [2.24, 2.45) is 0 Å². The summed E-state index contributed by atoms with van der Waals surface area (Å²) in [6, 6.07) is 21.1. The summed E-state index contributed by atoms with van der Waals surface area (Å²) in [5.74, 6) is -1.17. The van der Waals surface area contributed by atoms with Crippen LogP contribution in [-0.2, 0) is 21.2 Å². The van der Waals surface area contributed by atoms with Gasteiger partial charge in [-0.05, 0) is 42.3 Å². The van der Waals surface area contributed by atoms with E-state index in [0.29, 0.717) is 15.7 Å². The summed E-state index contributed by atoms with van der Waals surface area (Å²) < 4.78 is 26.5. The van der Waals surface area contributed by atoms with Gasteiger partial charge in [-0.2, -0.15) is 0 Å². The zero-order valence-corrected chi connectivity index (χ0v) is 19.0. The first-order valence-corrected chi connectivity index (χ1v) is 12.4. The van der Waals surface area contributed by atoms with Crippen molar-refractivity contribution in [1.82, 2.24) is 4.98 Å². The molecule has 0 fully saturated rings. The normalized spacial score (nSPS) is 11.5. The smallest absolute Gasteiger partial charge is 0.244 e. The van der Waals surface area contributed by atoms with E-state index < -0.39 is 21.5 Å². The molecule has 0 aliphatic heterocycles. The maximum absolute atomic E-state index is 13.3. The number of aryl methyl sites for hydroxylation is 1. The number of aromatic nitrogens is 1. The zero-order valence-electron chi connectivity index (χ0n) is 16.7. The molecular weight excluding hydrogens is 452 g/mol. The van der Waals surface area contributed by atoms with E-state index >= 15 is 0 Å². The highest BCUT2D eigenvalue weighted by atomic mass is 35.5. The van der Waals surface area contributed by atoms with Crippen molar-refractivity contribution in [1.29, 1.82) is 0 Å². The van der Waals surface area contributed by atoms with Crippen LogP contribution in [0.3, 0.4) is 0 Å². The maximum atomic E-state index is 13.3. The summed E-state index contributed by atoms with van der Waals surface area (Å²) in [5, 5.41) is 1.04. The Labute approximate surface area is 189 Å². The summed E-state index contributed by atoms with van der Waals surface area (Å²) in [7, 11) is -3.79. The minimum absolute atomic E-state index is 0.120. The van der Waals surface area contributed by atoms with Gasteiger partial charge in [-0.1, -0.05) is 71.5 Å². The van der Waals surface area contributed by atoms with Crippen LogP contribution < -0.4 is 4.90 Å². The Morgan fingerprint density at radius 3 is 2.32 bits per heavy atom. The molecule has 5 nitrogen and oxygen atoms in total. The van der Waals surface area contributed by atoms with Crippen LogP contribution in [0.15, 0.2) is 77.7 Å². The number of carbonyl (C=O) groups excluding carboxylic acids is 1. The third kappa shape index (κ3) is 4.63. The van der Waals surface area contributed by atoms with Crippen molar-refractivity contribution in [2.45, 2.75) is 18.4 Å². The Hall–Kier alpha value is -2.74. The number of halogens is 1. The molecule has 1 amide bonds. The van der Waals surface area contributed by atoms with E-state index in [4.69, 9.17) is 11.6 Å². The lowest BCUT2D eigenvalue weighted by Gasteiger charge is -2.20. The SMILES string of the molecule is Cc1c(Cl)ccc2sc(N(Cc3ccccc3)C(=O)CS(=O)(=O)c3ccccc3)nc12. The molecule has 0 bridgehead atoms. The number of carbonyl (C=O) groups is 1. The van der Waals surface area contributed by atoms with Crippen LogP contribution in [0.25, 0.3) is 10.2 Å². The monoisotopic (exact) mass is 470 g/mol. The molecule has 3 aromatic carbocycles. The molecule has 0 atom stereocenters. The van der Waals surface area contributed by atoms with E-state index in [1.165, 1.54) is 28.4 Å². The highest BCUT2D eigenvalue weighted by molar-refractivity contribution is 7.92. The number of fused-ring (bicyclic) bond motifs is 1. The number of hydrogen-bond donors (Lipinski definition) is 0. The number of amides is 1. The van der Waals surface area contributed by atoms with E-state index in [1.54, 1.807) is 24.3 Å². The first-order valence-electron chi connectivity index (χ1n) is 9.53. The van der Waals surface area contributed by atoms with Crippen molar-refractivity contribution in [3.63, 3.8) is 0 Å². The lowest BCUT2D eigenvalue weighted by Crippen LogP contribution is -2.35. The van der Waals surface area contributed by atoms with Crippen LogP contribution in [-0.4, -0.2) is 25.1 Å². The van der Waals surface area contributed by atoms with Crippen molar-refractivity contribution >= 4 is 54.0 Å². The Morgan fingerprint density at radius 2 is 1.65 bits per heavy atom. The summed E-state index contributed by atoms with van der Waals surface area (Å²) in [4.78, 5) is 19.4. The third-order valence-corrected chi connectivity index (χ3v) is 7.94. The summed E-state index contributed by atoms with van der Waals surface area (Å²) in [5.41, 5.74) is 2.41. The van der Waals surface area contributed by atoms with Gasteiger partial charge in [-0.15, -0.1) is 0 Å². The molecule has 0 saturated heterocycles. The van der Waals surface area contributed by atoms with E-state index in [9.17, 15) is 13.2 Å². The van der Waals surface area contributed by atoms with Crippen molar-refractivity contribution in [3.05, 3.63) is 88.9 Å². The van der Waals surface area contributed by atoms with Gasteiger partial charge >= 0.3 is 0 Å². The molecule has 0 N–H and O–H groups in total. The number of thiazole rings is 1. The predicted molar refractivity (Wildman–Crippen MR) is 125 cm³/mol. The van der Waals surface area contributed by atoms with Crippen LogP contribution in [0.5, 0.6) is 0 Å². The molecule has 158 valence electrons. The molecule has 8 heteroatoms. The van der Waals surface area contributed by atoms with E-state index in [-0.39, 0.29) is 11.4 Å². The van der Waals surface area contributed by atoms with Gasteiger partial charge in [0.05, 0.1) is 21.7 Å². The molecule has 0 unspecified atom stereocenters. The molecular formula is C23H19ClN2O3S2. The first kappa shape index (κ1) is 21.5. The fraction of sp³-hybridized carbons (Fsp3) is 0.130. The highest BCUT2D eigenvalue weighted by Gasteiger charge is 2.27. The number of nitrogens with zero attached hydrogens (tertiary/aromatic N) is 2. The molecule has 0 aliphatic rings. The molecule has 1 heterocycles. The lowest BCUT2D eigenvalue weighted by molar-refractivity contribution is -0.116. The van der Waals surface area contributed by atoms with Gasteiger partial charge < -0.3 is 0 Å². The molecule has 31 heavy (non-hydrogen) atoms. The zero-order chi connectivity index (χ0) is 22.0. The van der Waals surface area contributed by atoms with E-state index in [2.05, 4.69) is 4.98 Å². The minimum atomic E-state index is -3.79. The summed E-state index contributed by atoms with van der Waals surface area (Å²) in [6.45, 7) is 2.09. The van der Waals surface area contributed by atoms with Crippen molar-refractivity contribution in [3.8, 4) is 0 Å². The van der Waals surface area contributed by atoms with Gasteiger partial charge in [0.15, 0.2) is 15.0 Å². The van der Waals surface area contributed by atoms with Crippen LogP contribution >= 0.6 is 22.9 Å². The van der Waals surface area contributed by atoms with E-state index in [1.807, 2.05) is 43.3 Å². The minimum Gasteiger partial charge on any atom is -0.283 e.